The van der Waals surface area contributed by atoms with Crippen LogP contribution in [0.1, 0.15) is 65.1 Å². The van der Waals surface area contributed by atoms with E-state index in [4.69, 9.17) is 4.74 Å². The molecule has 1 N–H and O–H groups in total. The maximum Gasteiger partial charge on any atom is 0.0661 e. The minimum Gasteiger partial charge on any atom is -0.379 e. The van der Waals surface area contributed by atoms with Crippen LogP contribution in [0.25, 0.3) is 0 Å². The molecule has 0 radical (unpaired) electrons. The summed E-state index contributed by atoms with van der Waals surface area (Å²) in [7, 11) is 0. The molecule has 0 aliphatic heterocycles. The standard InChI is InChI=1S/C19H33NO/c1-7-20-18(14-21-13-12-15(2)3)16-8-10-17(11-9-16)19(4,5)6/h8-11,15,18,20H,7,12-14H2,1-6H3. The third-order valence-electron chi connectivity index (χ3n) is 3.75. The van der Waals surface area contributed by atoms with Crippen molar-refractivity contribution in [2.75, 3.05) is 19.8 Å². The summed E-state index contributed by atoms with van der Waals surface area (Å²) in [6.45, 7) is 15.9. The lowest BCUT2D eigenvalue weighted by Crippen LogP contribution is -2.26. The van der Waals surface area contributed by atoms with Crippen LogP contribution in [0, 0.1) is 5.92 Å². The third-order valence-corrected chi connectivity index (χ3v) is 3.75. The van der Waals surface area contributed by atoms with E-state index >= 15 is 0 Å². The van der Waals surface area contributed by atoms with Crippen molar-refractivity contribution in [2.45, 2.75) is 59.4 Å². The van der Waals surface area contributed by atoms with E-state index in [1.807, 2.05) is 0 Å². The number of hydrogen-bond acceptors (Lipinski definition) is 2. The number of hydrogen-bond donors (Lipinski definition) is 1. The molecule has 0 aliphatic carbocycles. The first-order valence-corrected chi connectivity index (χ1v) is 8.26. The largest absolute Gasteiger partial charge is 0.379 e. The second-order valence-corrected chi connectivity index (χ2v) is 7.24. The Morgan fingerprint density at radius 2 is 1.71 bits per heavy atom. The minimum absolute atomic E-state index is 0.208. The van der Waals surface area contributed by atoms with Crippen LogP contribution in [0.5, 0.6) is 0 Å². The molecular formula is C19H33NO. The van der Waals surface area contributed by atoms with Gasteiger partial charge in [-0.1, -0.05) is 65.8 Å². The highest BCUT2D eigenvalue weighted by Crippen LogP contribution is 2.24. The molecule has 0 aliphatic rings. The lowest BCUT2D eigenvalue weighted by Gasteiger charge is -2.22. The van der Waals surface area contributed by atoms with Crippen LogP contribution >= 0.6 is 0 Å². The van der Waals surface area contributed by atoms with Crippen molar-refractivity contribution < 1.29 is 4.74 Å². The summed E-state index contributed by atoms with van der Waals surface area (Å²) >= 11 is 0. The van der Waals surface area contributed by atoms with E-state index in [0.717, 1.165) is 26.2 Å². The van der Waals surface area contributed by atoms with E-state index in [1.165, 1.54) is 11.1 Å². The molecule has 21 heavy (non-hydrogen) atoms. The van der Waals surface area contributed by atoms with Crippen LogP contribution in [-0.4, -0.2) is 19.8 Å². The van der Waals surface area contributed by atoms with Gasteiger partial charge in [-0.15, -0.1) is 0 Å². The molecule has 120 valence electrons. The molecule has 0 fully saturated rings. The average molecular weight is 291 g/mol. The molecule has 0 aromatic heterocycles. The van der Waals surface area contributed by atoms with Crippen LogP contribution in [-0.2, 0) is 10.2 Å². The van der Waals surface area contributed by atoms with Gasteiger partial charge in [0.2, 0.25) is 0 Å². The van der Waals surface area contributed by atoms with Crippen molar-refractivity contribution >= 4 is 0 Å². The zero-order valence-electron chi connectivity index (χ0n) is 14.7. The van der Waals surface area contributed by atoms with Crippen molar-refractivity contribution in [2.24, 2.45) is 5.92 Å². The lowest BCUT2D eigenvalue weighted by molar-refractivity contribution is 0.103. The summed E-state index contributed by atoms with van der Waals surface area (Å²) < 4.78 is 5.85. The predicted molar refractivity (Wildman–Crippen MR) is 91.8 cm³/mol. The highest BCUT2D eigenvalue weighted by Gasteiger charge is 2.15. The van der Waals surface area contributed by atoms with Gasteiger partial charge < -0.3 is 10.1 Å². The third kappa shape index (κ3) is 6.62. The van der Waals surface area contributed by atoms with Crippen molar-refractivity contribution in [1.82, 2.24) is 5.32 Å². The Morgan fingerprint density at radius 1 is 1.10 bits per heavy atom. The van der Waals surface area contributed by atoms with Crippen LogP contribution in [0.2, 0.25) is 0 Å². The van der Waals surface area contributed by atoms with Gasteiger partial charge in [0.25, 0.3) is 0 Å². The van der Waals surface area contributed by atoms with Crippen molar-refractivity contribution in [3.63, 3.8) is 0 Å². The Balaban J connectivity index is 2.63. The molecule has 1 aromatic rings. The Labute approximate surface area is 131 Å². The normalized spacial score (nSPS) is 13.7. The zero-order chi connectivity index (χ0) is 15.9. The van der Waals surface area contributed by atoms with Crippen molar-refractivity contribution in [3.05, 3.63) is 35.4 Å². The van der Waals surface area contributed by atoms with E-state index in [9.17, 15) is 0 Å². The zero-order valence-corrected chi connectivity index (χ0v) is 14.7. The van der Waals surface area contributed by atoms with Gasteiger partial charge in [0.15, 0.2) is 0 Å². The average Bonchev–Trinajstić information content (AvgIpc) is 2.41. The monoisotopic (exact) mass is 291 g/mol. The molecule has 1 atom stereocenters. The molecule has 1 rings (SSSR count). The Hall–Kier alpha value is -0.860. The number of ether oxygens (including phenoxy) is 1. The van der Waals surface area contributed by atoms with E-state index < -0.39 is 0 Å². The first kappa shape index (κ1) is 18.2. The fourth-order valence-electron chi connectivity index (χ4n) is 2.26. The topological polar surface area (TPSA) is 21.3 Å². The molecule has 0 saturated carbocycles. The summed E-state index contributed by atoms with van der Waals surface area (Å²) in [4.78, 5) is 0. The fourth-order valence-corrected chi connectivity index (χ4v) is 2.26. The molecule has 1 aromatic carbocycles. The van der Waals surface area contributed by atoms with E-state index in [2.05, 4.69) is 71.1 Å². The Kier molecular flexibility index (Phi) is 7.41. The molecule has 0 bridgehead atoms. The summed E-state index contributed by atoms with van der Waals surface area (Å²) in [5.74, 6) is 0.702. The minimum atomic E-state index is 0.208. The quantitative estimate of drug-likeness (QED) is 0.701. The van der Waals surface area contributed by atoms with Gasteiger partial charge in [0.1, 0.15) is 0 Å². The summed E-state index contributed by atoms with van der Waals surface area (Å²) in [6, 6.07) is 9.25. The molecule has 1 unspecified atom stereocenters. The first-order chi connectivity index (χ1) is 9.84. The Bertz CT molecular complexity index is 389. The van der Waals surface area contributed by atoms with Crippen LogP contribution in [0.4, 0.5) is 0 Å². The second-order valence-electron chi connectivity index (χ2n) is 7.24. The van der Waals surface area contributed by atoms with Gasteiger partial charge in [0.05, 0.1) is 12.6 Å². The maximum atomic E-state index is 5.85. The molecule has 0 heterocycles. The number of likely N-dealkylation sites (N-methyl/N-ethyl adjacent to an activating group) is 1. The number of benzene rings is 1. The summed E-state index contributed by atoms with van der Waals surface area (Å²) in [5.41, 5.74) is 2.90. The van der Waals surface area contributed by atoms with Crippen molar-refractivity contribution in [3.8, 4) is 0 Å². The molecule has 0 amide bonds. The highest BCUT2D eigenvalue weighted by atomic mass is 16.5. The van der Waals surface area contributed by atoms with Crippen molar-refractivity contribution in [1.29, 1.82) is 0 Å². The van der Waals surface area contributed by atoms with Gasteiger partial charge in [-0.05, 0) is 35.4 Å². The van der Waals surface area contributed by atoms with E-state index in [1.54, 1.807) is 0 Å². The SMILES string of the molecule is CCNC(COCCC(C)C)c1ccc(C(C)(C)C)cc1. The number of rotatable bonds is 8. The smallest absolute Gasteiger partial charge is 0.0661 e. The molecule has 0 spiro atoms. The van der Waals surface area contributed by atoms with Crippen LogP contribution < -0.4 is 5.32 Å². The summed E-state index contributed by atoms with van der Waals surface area (Å²) in [6.07, 6.45) is 1.13. The van der Waals surface area contributed by atoms with Crippen LogP contribution in [0.15, 0.2) is 24.3 Å². The fraction of sp³-hybridized carbons (Fsp3) is 0.684. The highest BCUT2D eigenvalue weighted by molar-refractivity contribution is 5.29. The molecule has 2 nitrogen and oxygen atoms in total. The second kappa shape index (κ2) is 8.55. The van der Waals surface area contributed by atoms with E-state index in [-0.39, 0.29) is 11.5 Å². The predicted octanol–water partition coefficient (Wildman–Crippen LogP) is 4.70. The molecular weight excluding hydrogens is 258 g/mol. The van der Waals surface area contributed by atoms with Gasteiger partial charge in [-0.25, -0.2) is 0 Å². The van der Waals surface area contributed by atoms with Gasteiger partial charge in [-0.2, -0.15) is 0 Å². The van der Waals surface area contributed by atoms with Gasteiger partial charge >= 0.3 is 0 Å². The maximum absolute atomic E-state index is 5.85. The summed E-state index contributed by atoms with van der Waals surface area (Å²) in [5, 5.41) is 3.52. The molecule has 0 saturated heterocycles. The number of nitrogens with one attached hydrogen (secondary N) is 1. The van der Waals surface area contributed by atoms with E-state index in [0.29, 0.717) is 5.92 Å². The first-order valence-electron chi connectivity index (χ1n) is 8.26. The Morgan fingerprint density at radius 3 is 2.19 bits per heavy atom. The lowest BCUT2D eigenvalue weighted by atomic mass is 9.86. The van der Waals surface area contributed by atoms with Gasteiger partial charge in [-0.3, -0.25) is 0 Å². The van der Waals surface area contributed by atoms with Crippen LogP contribution in [0.3, 0.4) is 0 Å². The molecule has 2 heteroatoms. The van der Waals surface area contributed by atoms with Gasteiger partial charge in [0, 0.05) is 6.61 Å².